The normalized spacial score (nSPS) is 10.2. The zero-order valence-electron chi connectivity index (χ0n) is 10.0. The second kappa shape index (κ2) is 7.62. The van der Waals surface area contributed by atoms with Crippen LogP contribution in [0, 0.1) is 0 Å². The molecular formula is C12H18N2O3. The van der Waals surface area contributed by atoms with E-state index in [1.54, 1.807) is 23.8 Å². The minimum atomic E-state index is -0.197. The summed E-state index contributed by atoms with van der Waals surface area (Å²) in [4.78, 5) is 22.4. The molecule has 5 nitrogen and oxygen atoms in total. The zero-order chi connectivity index (χ0) is 12.5. The molecule has 1 N–H and O–H groups in total. The van der Waals surface area contributed by atoms with E-state index in [0.29, 0.717) is 32.7 Å². The molecule has 0 unspecified atom stereocenters. The van der Waals surface area contributed by atoms with Crippen molar-refractivity contribution in [1.29, 1.82) is 0 Å². The largest absolute Gasteiger partial charge is 0.466 e. The molecule has 0 aliphatic rings. The van der Waals surface area contributed by atoms with E-state index in [9.17, 15) is 9.59 Å². The first kappa shape index (κ1) is 13.4. The molecule has 0 aliphatic carbocycles. The number of nitrogens with zero attached hydrogens (tertiary/aromatic N) is 1. The van der Waals surface area contributed by atoms with Gasteiger partial charge in [-0.3, -0.25) is 9.59 Å². The fourth-order valence-corrected chi connectivity index (χ4v) is 1.39. The lowest BCUT2D eigenvalue weighted by atomic mass is 10.4. The second-order valence-corrected chi connectivity index (χ2v) is 3.54. The van der Waals surface area contributed by atoms with Gasteiger partial charge in [-0.1, -0.05) is 6.07 Å². The van der Waals surface area contributed by atoms with Gasteiger partial charge >= 0.3 is 5.97 Å². The molecular weight excluding hydrogens is 220 g/mol. The van der Waals surface area contributed by atoms with Crippen LogP contribution in [-0.4, -0.2) is 30.2 Å². The fourth-order valence-electron chi connectivity index (χ4n) is 1.39. The van der Waals surface area contributed by atoms with E-state index in [4.69, 9.17) is 4.74 Å². The first-order valence-corrected chi connectivity index (χ1v) is 5.76. The van der Waals surface area contributed by atoms with Crippen molar-refractivity contribution >= 4 is 5.97 Å². The highest BCUT2D eigenvalue weighted by Gasteiger charge is 2.00. The third kappa shape index (κ3) is 5.31. The minimum Gasteiger partial charge on any atom is -0.466 e. The molecule has 0 aliphatic heterocycles. The highest BCUT2D eigenvalue weighted by atomic mass is 16.5. The highest BCUT2D eigenvalue weighted by Crippen LogP contribution is 1.85. The first-order chi connectivity index (χ1) is 8.24. The molecule has 1 heterocycles. The summed E-state index contributed by atoms with van der Waals surface area (Å²) in [6.07, 6.45) is 2.10. The summed E-state index contributed by atoms with van der Waals surface area (Å²) < 4.78 is 6.41. The van der Waals surface area contributed by atoms with Gasteiger partial charge < -0.3 is 14.6 Å². The summed E-state index contributed by atoms with van der Waals surface area (Å²) in [5.74, 6) is -0.197. The number of hydrogen-bond donors (Lipinski definition) is 1. The van der Waals surface area contributed by atoms with Crippen LogP contribution in [-0.2, 0) is 16.1 Å². The smallest absolute Gasteiger partial charge is 0.307 e. The van der Waals surface area contributed by atoms with Crippen LogP contribution in [0.5, 0.6) is 0 Å². The Morgan fingerprint density at radius 3 is 2.94 bits per heavy atom. The summed E-state index contributed by atoms with van der Waals surface area (Å²) in [7, 11) is 0. The summed E-state index contributed by atoms with van der Waals surface area (Å²) in [5.41, 5.74) is -0.0142. The molecule has 94 valence electrons. The lowest BCUT2D eigenvalue weighted by Gasteiger charge is -2.06. The van der Waals surface area contributed by atoms with Gasteiger partial charge in [0.2, 0.25) is 0 Å². The van der Waals surface area contributed by atoms with Gasteiger partial charge in [0.25, 0.3) is 5.56 Å². The molecule has 0 saturated carbocycles. The summed E-state index contributed by atoms with van der Waals surface area (Å²) in [6, 6.07) is 5.06. The standard InChI is InChI=1S/C12H18N2O3/c1-2-17-12(16)6-7-13-8-10-14-9-4-3-5-11(14)15/h3-5,9,13H,2,6-8,10H2,1H3. The van der Waals surface area contributed by atoms with Crippen LogP contribution in [0.2, 0.25) is 0 Å². The Morgan fingerprint density at radius 2 is 2.24 bits per heavy atom. The Bertz CT molecular complexity index is 401. The number of ether oxygens (including phenoxy) is 1. The van der Waals surface area contributed by atoms with E-state index in [1.807, 2.05) is 6.07 Å². The Balaban J connectivity index is 2.15. The summed E-state index contributed by atoms with van der Waals surface area (Å²) in [5, 5.41) is 3.09. The Labute approximate surface area is 100 Å². The van der Waals surface area contributed by atoms with Crippen molar-refractivity contribution in [2.75, 3.05) is 19.7 Å². The number of nitrogens with one attached hydrogen (secondary N) is 1. The van der Waals surface area contributed by atoms with Crippen molar-refractivity contribution in [3.63, 3.8) is 0 Å². The number of carbonyl (C=O) groups excluding carboxylic acids is 1. The van der Waals surface area contributed by atoms with Crippen LogP contribution in [0.4, 0.5) is 0 Å². The number of carbonyl (C=O) groups is 1. The van der Waals surface area contributed by atoms with Crippen LogP contribution in [0.25, 0.3) is 0 Å². The second-order valence-electron chi connectivity index (χ2n) is 3.54. The number of esters is 1. The topological polar surface area (TPSA) is 60.3 Å². The molecule has 5 heteroatoms. The van der Waals surface area contributed by atoms with E-state index in [0.717, 1.165) is 0 Å². The Kier molecular flexibility index (Phi) is 6.03. The van der Waals surface area contributed by atoms with Gasteiger partial charge in [-0.2, -0.15) is 0 Å². The third-order valence-electron chi connectivity index (χ3n) is 2.24. The van der Waals surface area contributed by atoms with Crippen LogP contribution in [0.15, 0.2) is 29.2 Å². The minimum absolute atomic E-state index is 0.0142. The molecule has 17 heavy (non-hydrogen) atoms. The fraction of sp³-hybridized carbons (Fsp3) is 0.500. The predicted molar refractivity (Wildman–Crippen MR) is 64.8 cm³/mol. The molecule has 0 spiro atoms. The summed E-state index contributed by atoms with van der Waals surface area (Å²) in [6.45, 7) is 4.03. The van der Waals surface area contributed by atoms with Crippen LogP contribution < -0.4 is 10.9 Å². The SMILES string of the molecule is CCOC(=O)CCNCCn1ccccc1=O. The molecule has 0 bridgehead atoms. The molecule has 0 atom stereocenters. The van der Waals surface area contributed by atoms with Crippen LogP contribution >= 0.6 is 0 Å². The van der Waals surface area contributed by atoms with Gasteiger partial charge in [-0.15, -0.1) is 0 Å². The van der Waals surface area contributed by atoms with E-state index >= 15 is 0 Å². The average Bonchev–Trinajstić information content (AvgIpc) is 2.31. The molecule has 0 aromatic carbocycles. The van der Waals surface area contributed by atoms with E-state index in [-0.39, 0.29) is 11.5 Å². The van der Waals surface area contributed by atoms with Gasteiger partial charge in [-0.05, 0) is 13.0 Å². The van der Waals surface area contributed by atoms with Gasteiger partial charge in [0, 0.05) is 31.9 Å². The quantitative estimate of drug-likeness (QED) is 0.551. The molecule has 1 aromatic rings. The molecule has 0 saturated heterocycles. The molecule has 0 amide bonds. The van der Waals surface area contributed by atoms with Gasteiger partial charge in [0.1, 0.15) is 0 Å². The maximum atomic E-state index is 11.3. The highest BCUT2D eigenvalue weighted by molar-refractivity contribution is 5.69. The van der Waals surface area contributed by atoms with E-state index in [2.05, 4.69) is 5.32 Å². The average molecular weight is 238 g/mol. The van der Waals surface area contributed by atoms with Gasteiger partial charge in [0.05, 0.1) is 13.0 Å². The van der Waals surface area contributed by atoms with E-state index < -0.39 is 0 Å². The lowest BCUT2D eigenvalue weighted by molar-refractivity contribution is -0.142. The lowest BCUT2D eigenvalue weighted by Crippen LogP contribution is -2.27. The monoisotopic (exact) mass is 238 g/mol. The number of rotatable bonds is 7. The molecule has 1 rings (SSSR count). The van der Waals surface area contributed by atoms with Crippen molar-refractivity contribution in [1.82, 2.24) is 9.88 Å². The summed E-state index contributed by atoms with van der Waals surface area (Å²) >= 11 is 0. The maximum absolute atomic E-state index is 11.3. The number of pyridine rings is 1. The van der Waals surface area contributed by atoms with Crippen LogP contribution in [0.3, 0.4) is 0 Å². The van der Waals surface area contributed by atoms with Crippen molar-refractivity contribution < 1.29 is 9.53 Å². The molecule has 1 aromatic heterocycles. The van der Waals surface area contributed by atoms with E-state index in [1.165, 1.54) is 6.07 Å². The zero-order valence-corrected chi connectivity index (χ0v) is 10.0. The maximum Gasteiger partial charge on any atom is 0.307 e. The Morgan fingerprint density at radius 1 is 1.41 bits per heavy atom. The van der Waals surface area contributed by atoms with Gasteiger partial charge in [0.15, 0.2) is 0 Å². The molecule has 0 radical (unpaired) electrons. The van der Waals surface area contributed by atoms with Crippen LogP contribution in [0.1, 0.15) is 13.3 Å². The predicted octanol–water partition coefficient (Wildman–Crippen LogP) is 0.391. The third-order valence-corrected chi connectivity index (χ3v) is 2.24. The van der Waals surface area contributed by atoms with Crippen molar-refractivity contribution in [3.05, 3.63) is 34.7 Å². The Hall–Kier alpha value is -1.62. The molecule has 0 fully saturated rings. The number of aromatic nitrogens is 1. The van der Waals surface area contributed by atoms with Crippen molar-refractivity contribution in [2.45, 2.75) is 19.9 Å². The van der Waals surface area contributed by atoms with Crippen molar-refractivity contribution in [3.8, 4) is 0 Å². The first-order valence-electron chi connectivity index (χ1n) is 5.76. The van der Waals surface area contributed by atoms with Gasteiger partial charge in [-0.25, -0.2) is 0 Å². The number of hydrogen-bond acceptors (Lipinski definition) is 4. The van der Waals surface area contributed by atoms with Crippen molar-refractivity contribution in [2.24, 2.45) is 0 Å².